The lowest BCUT2D eigenvalue weighted by Gasteiger charge is -2.30. The van der Waals surface area contributed by atoms with Crippen molar-refractivity contribution in [3.8, 4) is 67.5 Å². The Morgan fingerprint density at radius 1 is 0.314 bits per heavy atom. The molecule has 0 saturated carbocycles. The van der Waals surface area contributed by atoms with Crippen LogP contribution >= 0.6 is 11.3 Å². The number of para-hydroxylation sites is 1. The van der Waals surface area contributed by atoms with E-state index in [1.807, 2.05) is 30.3 Å². The van der Waals surface area contributed by atoms with Gasteiger partial charge in [-0.05, 0) is 104 Å². The van der Waals surface area contributed by atoms with Crippen LogP contribution in [0.3, 0.4) is 0 Å². The molecule has 2 aliphatic rings. The standard InChI is InChI=1S/C64H35N3O2S/c1-6-22-48-39(14-1)40-15-2-7-23-49(40)64(48)50-24-8-3-17-43(50)58-38(19-11-25-51(58)64)36-31-33-53-47(34-36)59-45(20-12-27-54(59)68-53)62-65-61(37-30-32-42-41-16-4-9-26-52(41)69-55(42)35-37)66-63(67-62)46-21-13-29-57-60(46)44-18-5-10-28-56(44)70-57/h1-35H. The van der Waals surface area contributed by atoms with E-state index in [4.69, 9.17) is 23.8 Å². The molecule has 0 unspecified atom stereocenters. The van der Waals surface area contributed by atoms with Gasteiger partial charge in [-0.1, -0.05) is 164 Å². The molecule has 324 valence electrons. The van der Waals surface area contributed by atoms with Crippen molar-refractivity contribution in [2.45, 2.75) is 5.41 Å². The van der Waals surface area contributed by atoms with Crippen LogP contribution in [0.4, 0.5) is 0 Å². The van der Waals surface area contributed by atoms with Crippen LogP contribution in [0.15, 0.2) is 221 Å². The fourth-order valence-electron chi connectivity index (χ4n) is 12.1. The summed E-state index contributed by atoms with van der Waals surface area (Å²) in [7, 11) is 0. The first-order chi connectivity index (χ1) is 34.7. The van der Waals surface area contributed by atoms with Gasteiger partial charge >= 0.3 is 0 Å². The maximum atomic E-state index is 6.73. The Morgan fingerprint density at radius 2 is 0.843 bits per heavy atom. The zero-order chi connectivity index (χ0) is 45.7. The van der Waals surface area contributed by atoms with Crippen molar-refractivity contribution in [2.75, 3.05) is 0 Å². The van der Waals surface area contributed by atoms with Crippen LogP contribution in [-0.4, -0.2) is 15.0 Å². The van der Waals surface area contributed by atoms with E-state index in [1.54, 1.807) is 11.3 Å². The van der Waals surface area contributed by atoms with Crippen molar-refractivity contribution >= 4 is 75.4 Å². The average Bonchev–Trinajstić information content (AvgIpc) is 4.23. The highest BCUT2D eigenvalue weighted by molar-refractivity contribution is 7.25. The summed E-state index contributed by atoms with van der Waals surface area (Å²) in [5, 5.41) is 6.40. The van der Waals surface area contributed by atoms with Gasteiger partial charge in [-0.3, -0.25) is 0 Å². The van der Waals surface area contributed by atoms with Crippen molar-refractivity contribution in [1.82, 2.24) is 15.0 Å². The van der Waals surface area contributed by atoms with Crippen molar-refractivity contribution in [2.24, 2.45) is 0 Å². The maximum Gasteiger partial charge on any atom is 0.164 e. The maximum absolute atomic E-state index is 6.73. The van der Waals surface area contributed by atoms with E-state index in [0.29, 0.717) is 17.5 Å². The van der Waals surface area contributed by atoms with E-state index in [-0.39, 0.29) is 0 Å². The highest BCUT2D eigenvalue weighted by atomic mass is 32.1. The van der Waals surface area contributed by atoms with E-state index in [0.717, 1.165) is 71.5 Å². The second-order valence-corrected chi connectivity index (χ2v) is 19.6. The van der Waals surface area contributed by atoms with Crippen LogP contribution < -0.4 is 0 Å². The van der Waals surface area contributed by atoms with Crippen LogP contribution in [0, 0.1) is 0 Å². The molecule has 0 saturated heterocycles. The largest absolute Gasteiger partial charge is 0.456 e. The molecule has 4 heterocycles. The molecule has 70 heavy (non-hydrogen) atoms. The number of nitrogens with zero attached hydrogens (tertiary/aromatic N) is 3. The monoisotopic (exact) mass is 909 g/mol. The van der Waals surface area contributed by atoms with E-state index in [2.05, 4.69) is 182 Å². The van der Waals surface area contributed by atoms with Gasteiger partial charge in [0.05, 0.1) is 5.41 Å². The summed E-state index contributed by atoms with van der Waals surface area (Å²) in [5.74, 6) is 1.73. The number of aromatic nitrogens is 3. The van der Waals surface area contributed by atoms with Gasteiger partial charge < -0.3 is 8.83 Å². The highest BCUT2D eigenvalue weighted by Gasteiger charge is 2.52. The third-order valence-electron chi connectivity index (χ3n) is 15.0. The van der Waals surface area contributed by atoms with Crippen LogP contribution in [0.1, 0.15) is 22.3 Å². The number of hydrogen-bond acceptors (Lipinski definition) is 6. The molecule has 6 heteroatoms. The summed E-state index contributed by atoms with van der Waals surface area (Å²) < 4.78 is 15.5. The first-order valence-electron chi connectivity index (χ1n) is 23.7. The molecule has 1 spiro atoms. The summed E-state index contributed by atoms with van der Waals surface area (Å²) in [5.41, 5.74) is 18.1. The fourth-order valence-corrected chi connectivity index (χ4v) is 13.3. The van der Waals surface area contributed by atoms with Gasteiger partial charge in [0, 0.05) is 58.4 Å². The fraction of sp³-hybridized carbons (Fsp3) is 0.0156. The van der Waals surface area contributed by atoms with Gasteiger partial charge in [-0.2, -0.15) is 0 Å². The topological polar surface area (TPSA) is 65.0 Å². The highest BCUT2D eigenvalue weighted by Crippen LogP contribution is 2.64. The average molecular weight is 910 g/mol. The number of benzene rings is 10. The van der Waals surface area contributed by atoms with Crippen LogP contribution in [0.25, 0.3) is 132 Å². The second kappa shape index (κ2) is 14.0. The van der Waals surface area contributed by atoms with Gasteiger partial charge in [0.2, 0.25) is 0 Å². The molecule has 0 aliphatic heterocycles. The second-order valence-electron chi connectivity index (χ2n) is 18.5. The molecule has 14 aromatic rings. The first kappa shape index (κ1) is 38.0. The normalized spacial score (nSPS) is 13.3. The lowest BCUT2D eigenvalue weighted by molar-refractivity contribution is 0.668. The van der Waals surface area contributed by atoms with Gasteiger partial charge in [0.25, 0.3) is 0 Å². The molecular formula is C64H35N3O2S. The zero-order valence-corrected chi connectivity index (χ0v) is 38.1. The lowest BCUT2D eigenvalue weighted by Crippen LogP contribution is -2.25. The van der Waals surface area contributed by atoms with Crippen LogP contribution in [-0.2, 0) is 5.41 Å². The third-order valence-corrected chi connectivity index (χ3v) is 16.1. The van der Waals surface area contributed by atoms with E-state index < -0.39 is 5.41 Å². The number of furan rings is 2. The van der Waals surface area contributed by atoms with Crippen LogP contribution in [0.2, 0.25) is 0 Å². The number of rotatable bonds is 4. The predicted octanol–water partition coefficient (Wildman–Crippen LogP) is 17.0. The van der Waals surface area contributed by atoms with Crippen molar-refractivity contribution in [3.63, 3.8) is 0 Å². The quantitative estimate of drug-likeness (QED) is 0.176. The molecule has 0 bridgehead atoms. The minimum atomic E-state index is -0.433. The molecule has 5 nitrogen and oxygen atoms in total. The zero-order valence-electron chi connectivity index (χ0n) is 37.3. The first-order valence-corrected chi connectivity index (χ1v) is 24.5. The van der Waals surface area contributed by atoms with Crippen LogP contribution in [0.5, 0.6) is 0 Å². The number of fused-ring (bicyclic) bond motifs is 19. The number of hydrogen-bond donors (Lipinski definition) is 0. The van der Waals surface area contributed by atoms with Crippen molar-refractivity contribution < 1.29 is 8.83 Å². The molecule has 4 aromatic heterocycles. The van der Waals surface area contributed by atoms with Crippen molar-refractivity contribution in [1.29, 1.82) is 0 Å². The molecule has 16 rings (SSSR count). The van der Waals surface area contributed by atoms with Gasteiger partial charge in [-0.25, -0.2) is 15.0 Å². The Kier molecular flexibility index (Phi) is 7.63. The molecule has 0 amide bonds. The SMILES string of the molecule is c1ccc2c(c1)-c1ccccc1C21c2ccccc2-c2c(-c3ccc4oc5cccc(-c6nc(-c7ccc8c(c7)oc7ccccc78)nc(-c7cccc8sc9ccccc9c78)n6)c5c4c3)cccc21. The minimum Gasteiger partial charge on any atom is -0.456 e. The Hall–Kier alpha value is -8.97. The molecule has 10 aromatic carbocycles. The number of thiophene rings is 1. The Labute approximate surface area is 404 Å². The van der Waals surface area contributed by atoms with Gasteiger partial charge in [0.1, 0.15) is 22.3 Å². The Balaban J connectivity index is 0.922. The van der Waals surface area contributed by atoms with E-state index >= 15 is 0 Å². The summed E-state index contributed by atoms with van der Waals surface area (Å²) in [6.45, 7) is 0. The summed E-state index contributed by atoms with van der Waals surface area (Å²) in [4.78, 5) is 16.1. The van der Waals surface area contributed by atoms with E-state index in [1.165, 1.54) is 64.9 Å². The predicted molar refractivity (Wildman–Crippen MR) is 285 cm³/mol. The third kappa shape index (κ3) is 5.07. The Bertz CT molecular complexity index is 4530. The molecule has 0 N–H and O–H groups in total. The molecule has 0 radical (unpaired) electrons. The molecule has 0 fully saturated rings. The molecule has 2 aliphatic carbocycles. The van der Waals surface area contributed by atoms with Crippen molar-refractivity contribution in [3.05, 3.63) is 235 Å². The van der Waals surface area contributed by atoms with Gasteiger partial charge in [0.15, 0.2) is 17.5 Å². The van der Waals surface area contributed by atoms with Gasteiger partial charge in [-0.15, -0.1) is 11.3 Å². The summed E-state index contributed by atoms with van der Waals surface area (Å²) >= 11 is 1.79. The smallest absolute Gasteiger partial charge is 0.164 e. The van der Waals surface area contributed by atoms with E-state index in [9.17, 15) is 0 Å². The summed E-state index contributed by atoms with van der Waals surface area (Å²) in [6.07, 6.45) is 0. The molecule has 0 atom stereocenters. The Morgan fingerprint density at radius 3 is 1.66 bits per heavy atom. The summed E-state index contributed by atoms with van der Waals surface area (Å²) in [6, 6.07) is 76.1. The minimum absolute atomic E-state index is 0.433. The molecular weight excluding hydrogens is 875 g/mol. The lowest BCUT2D eigenvalue weighted by atomic mass is 9.70.